The Labute approximate surface area is 332 Å². The number of phenols is 4. The summed E-state index contributed by atoms with van der Waals surface area (Å²) in [6, 6.07) is 11.1. The number of esters is 2. The number of fused-ring (bicyclic) bond motifs is 1. The highest BCUT2D eigenvalue weighted by Crippen LogP contribution is 2.37. The van der Waals surface area contributed by atoms with Gasteiger partial charge in [-0.2, -0.15) is 0 Å². The van der Waals surface area contributed by atoms with Gasteiger partial charge in [-0.15, -0.1) is 0 Å². The number of aliphatic hydroxyl groups is 5. The van der Waals surface area contributed by atoms with Gasteiger partial charge < -0.3 is 83.5 Å². The van der Waals surface area contributed by atoms with Crippen LogP contribution in [0.15, 0.2) is 69.9 Å². The number of aliphatic hydroxyl groups excluding tert-OH is 5. The van der Waals surface area contributed by atoms with E-state index in [1.165, 1.54) is 43.5 Å². The SMILES string of the molecule is COc1cc(-c2cc(=O)c3c(O)cc(O[C@@H]4O[C@@H](CO)[C@@H](O)[C@H](O)[C@@H]4O[C@H]4O[C@H](COC(C)=O)[C@@H](O)[C@H](O)[C@@H]4OC(=O)/C=C/c4ccc(O)c(O)c4)cc3o2)ccc1O. The minimum absolute atomic E-state index is 0.00140. The van der Waals surface area contributed by atoms with Crippen LogP contribution in [0, 0.1) is 0 Å². The number of aromatic hydroxyl groups is 4. The van der Waals surface area contributed by atoms with Crippen LogP contribution in [0.2, 0.25) is 0 Å². The van der Waals surface area contributed by atoms with E-state index < -0.39 is 109 Å². The zero-order valence-corrected chi connectivity index (χ0v) is 31.1. The lowest BCUT2D eigenvalue weighted by atomic mass is 9.97. The molecule has 0 bridgehead atoms. The summed E-state index contributed by atoms with van der Waals surface area (Å²) in [6.45, 7) is -0.400. The molecule has 316 valence electrons. The van der Waals surface area contributed by atoms with Crippen molar-refractivity contribution in [2.45, 2.75) is 68.3 Å². The fourth-order valence-corrected chi connectivity index (χ4v) is 6.33. The van der Waals surface area contributed by atoms with E-state index in [1.54, 1.807) is 0 Å². The molecule has 1 aromatic heterocycles. The molecule has 3 heterocycles. The van der Waals surface area contributed by atoms with Crippen LogP contribution in [-0.2, 0) is 33.3 Å². The monoisotopic (exact) mass is 828 g/mol. The molecular weight excluding hydrogens is 788 g/mol. The number of carbonyl (C=O) groups is 2. The van der Waals surface area contributed by atoms with Gasteiger partial charge in [-0.1, -0.05) is 6.07 Å². The number of phenolic OH excluding ortho intramolecular Hbond substituents is 4. The van der Waals surface area contributed by atoms with E-state index >= 15 is 0 Å². The first-order valence-corrected chi connectivity index (χ1v) is 17.8. The van der Waals surface area contributed by atoms with Crippen LogP contribution in [0.3, 0.4) is 0 Å². The van der Waals surface area contributed by atoms with Crippen LogP contribution in [0.5, 0.6) is 34.5 Å². The molecular formula is C39H40O20. The third-order valence-corrected chi connectivity index (χ3v) is 9.37. The molecule has 0 unspecified atom stereocenters. The Morgan fingerprint density at radius 3 is 2.17 bits per heavy atom. The number of benzene rings is 3. The topological polar surface area (TPSA) is 311 Å². The van der Waals surface area contributed by atoms with Gasteiger partial charge in [-0.3, -0.25) is 9.59 Å². The summed E-state index contributed by atoms with van der Waals surface area (Å²) in [4.78, 5) is 37.8. The highest BCUT2D eigenvalue weighted by Gasteiger charge is 2.53. The molecule has 0 spiro atoms. The van der Waals surface area contributed by atoms with Crippen LogP contribution >= 0.6 is 0 Å². The maximum Gasteiger partial charge on any atom is 0.331 e. The molecule has 0 saturated carbocycles. The smallest absolute Gasteiger partial charge is 0.331 e. The van der Waals surface area contributed by atoms with E-state index in [0.717, 1.165) is 37.3 Å². The maximum absolute atomic E-state index is 13.1. The summed E-state index contributed by atoms with van der Waals surface area (Å²) in [7, 11) is 1.32. The molecule has 4 aromatic rings. The Morgan fingerprint density at radius 1 is 0.780 bits per heavy atom. The molecule has 6 rings (SSSR count). The van der Waals surface area contributed by atoms with E-state index in [0.29, 0.717) is 5.56 Å². The van der Waals surface area contributed by atoms with E-state index in [2.05, 4.69) is 0 Å². The Hall–Kier alpha value is -5.97. The second kappa shape index (κ2) is 17.9. The number of hydrogen-bond acceptors (Lipinski definition) is 20. The fourth-order valence-electron chi connectivity index (χ4n) is 6.33. The average Bonchev–Trinajstić information content (AvgIpc) is 3.19. The molecule has 2 aliphatic heterocycles. The van der Waals surface area contributed by atoms with Crippen molar-refractivity contribution in [2.75, 3.05) is 20.3 Å². The van der Waals surface area contributed by atoms with Gasteiger partial charge >= 0.3 is 11.9 Å². The van der Waals surface area contributed by atoms with Gasteiger partial charge in [0.2, 0.25) is 6.29 Å². The van der Waals surface area contributed by atoms with Gasteiger partial charge in [0.25, 0.3) is 0 Å². The normalized spacial score (nSPS) is 27.0. The average molecular weight is 829 g/mol. The van der Waals surface area contributed by atoms with Crippen LogP contribution in [0.1, 0.15) is 12.5 Å². The summed E-state index contributed by atoms with van der Waals surface area (Å²) in [5.41, 5.74) is -0.307. The van der Waals surface area contributed by atoms with Crippen molar-refractivity contribution in [1.29, 1.82) is 0 Å². The molecule has 3 aromatic carbocycles. The number of ether oxygens (including phenoxy) is 7. The fraction of sp³-hybridized carbons (Fsp3) is 0.359. The molecule has 0 radical (unpaired) electrons. The van der Waals surface area contributed by atoms with Gasteiger partial charge in [0.1, 0.15) is 71.5 Å². The Bertz CT molecular complexity index is 2250. The highest BCUT2D eigenvalue weighted by atomic mass is 16.8. The number of carbonyl (C=O) groups excluding carboxylic acids is 2. The van der Waals surface area contributed by atoms with Crippen LogP contribution in [0.25, 0.3) is 28.4 Å². The number of rotatable bonds is 12. The van der Waals surface area contributed by atoms with E-state index in [1.807, 2.05) is 0 Å². The summed E-state index contributed by atoms with van der Waals surface area (Å²) < 4.78 is 44.9. The summed E-state index contributed by atoms with van der Waals surface area (Å²) >= 11 is 0. The van der Waals surface area contributed by atoms with Crippen molar-refractivity contribution >= 4 is 29.0 Å². The van der Waals surface area contributed by atoms with Crippen molar-refractivity contribution in [3.05, 3.63) is 76.5 Å². The summed E-state index contributed by atoms with van der Waals surface area (Å²) in [5, 5.41) is 94.2. The second-order valence-corrected chi connectivity index (χ2v) is 13.4. The second-order valence-electron chi connectivity index (χ2n) is 13.4. The Balaban J connectivity index is 1.32. The van der Waals surface area contributed by atoms with Crippen molar-refractivity contribution < 1.29 is 93.1 Å². The lowest BCUT2D eigenvalue weighted by Crippen LogP contribution is -2.65. The van der Waals surface area contributed by atoms with Crippen LogP contribution in [-0.4, -0.2) is 140 Å². The molecule has 9 N–H and O–H groups in total. The molecule has 0 aliphatic carbocycles. The van der Waals surface area contributed by atoms with Gasteiger partial charge in [0, 0.05) is 36.8 Å². The third kappa shape index (κ3) is 9.35. The standard InChI is InChI=1S/C39H40O20/c1-16(41)53-15-29-33(49)35(51)36(58-30(47)8-4-17-3-6-20(42)22(44)9-17)39(57-29)59-37-34(50)32(48)28(14-40)56-38(37)54-19-11-23(45)31-24(46)13-25(55-27(31)12-19)18-5-7-21(43)26(10-18)52-2/h3-13,28-29,32-40,42-45,48-51H,14-15H2,1-2H3/b8-4+/t28-,29+,32+,33+,34-,35-,36-,37-,38+,39+/m0/s1. The number of hydrogen-bond donors (Lipinski definition) is 9. The molecule has 10 atom stereocenters. The zero-order chi connectivity index (χ0) is 42.7. The van der Waals surface area contributed by atoms with Crippen LogP contribution in [0.4, 0.5) is 0 Å². The van der Waals surface area contributed by atoms with E-state index in [9.17, 15) is 60.3 Å². The molecule has 2 aliphatic rings. The van der Waals surface area contributed by atoms with E-state index in [-0.39, 0.29) is 39.5 Å². The quantitative estimate of drug-likeness (QED) is 0.0521. The first-order chi connectivity index (χ1) is 28.1. The largest absolute Gasteiger partial charge is 0.507 e. The number of methoxy groups -OCH3 is 1. The van der Waals surface area contributed by atoms with Gasteiger partial charge in [-0.05, 0) is 42.0 Å². The van der Waals surface area contributed by atoms with Crippen LogP contribution < -0.4 is 14.9 Å². The first-order valence-electron chi connectivity index (χ1n) is 17.8. The van der Waals surface area contributed by atoms with Crippen molar-refractivity contribution in [1.82, 2.24) is 0 Å². The molecule has 20 nitrogen and oxygen atoms in total. The van der Waals surface area contributed by atoms with Crippen molar-refractivity contribution in [3.63, 3.8) is 0 Å². The Kier molecular flexibility index (Phi) is 12.9. The summed E-state index contributed by atoms with van der Waals surface area (Å²) in [5.74, 6) is -3.79. The maximum atomic E-state index is 13.1. The van der Waals surface area contributed by atoms with Gasteiger partial charge in [0.05, 0.1) is 13.7 Å². The molecule has 20 heteroatoms. The lowest BCUT2D eigenvalue weighted by molar-refractivity contribution is -0.358. The Morgan fingerprint density at radius 2 is 1.47 bits per heavy atom. The molecule has 59 heavy (non-hydrogen) atoms. The molecule has 0 amide bonds. The van der Waals surface area contributed by atoms with Crippen molar-refractivity contribution in [3.8, 4) is 45.8 Å². The predicted octanol–water partition coefficient (Wildman–Crippen LogP) is 0.129. The third-order valence-electron chi connectivity index (χ3n) is 9.37. The molecule has 2 saturated heterocycles. The first kappa shape index (κ1) is 42.6. The minimum Gasteiger partial charge on any atom is -0.507 e. The minimum atomic E-state index is -2.00. The predicted molar refractivity (Wildman–Crippen MR) is 197 cm³/mol. The van der Waals surface area contributed by atoms with Crippen molar-refractivity contribution in [2.24, 2.45) is 0 Å². The zero-order valence-electron chi connectivity index (χ0n) is 31.1. The highest BCUT2D eigenvalue weighted by molar-refractivity contribution is 5.87. The van der Waals surface area contributed by atoms with Gasteiger partial charge in [-0.25, -0.2) is 4.79 Å². The molecule has 2 fully saturated rings. The van der Waals surface area contributed by atoms with Gasteiger partial charge in [0.15, 0.2) is 46.9 Å². The van der Waals surface area contributed by atoms with E-state index in [4.69, 9.17) is 37.6 Å². The lowest BCUT2D eigenvalue weighted by Gasteiger charge is -2.46. The summed E-state index contributed by atoms with van der Waals surface area (Å²) in [6.07, 6.45) is -16.1.